The highest BCUT2D eigenvalue weighted by Crippen LogP contribution is 2.19. The molecule has 0 fully saturated rings. The van der Waals surface area contributed by atoms with E-state index in [1.807, 2.05) is 18.2 Å². The summed E-state index contributed by atoms with van der Waals surface area (Å²) in [7, 11) is 0. The molecule has 23 heavy (non-hydrogen) atoms. The van der Waals surface area contributed by atoms with Crippen LogP contribution < -0.4 is 0 Å². The lowest BCUT2D eigenvalue weighted by atomic mass is 9.99. The van der Waals surface area contributed by atoms with Crippen LogP contribution in [0.5, 0.6) is 0 Å². The van der Waals surface area contributed by atoms with Gasteiger partial charge in [-0.05, 0) is 41.8 Å². The van der Waals surface area contributed by atoms with Crippen molar-refractivity contribution in [2.45, 2.75) is 25.8 Å². The fourth-order valence-electron chi connectivity index (χ4n) is 2.87. The van der Waals surface area contributed by atoms with E-state index in [9.17, 15) is 14.0 Å². The first-order valence-electron chi connectivity index (χ1n) is 7.77. The molecule has 1 heterocycles. The molecule has 2 aromatic carbocycles. The van der Waals surface area contributed by atoms with Gasteiger partial charge in [0.25, 0.3) is 0 Å². The average Bonchev–Trinajstić information content (AvgIpc) is 2.59. The van der Waals surface area contributed by atoms with E-state index in [1.54, 1.807) is 4.90 Å². The number of Topliss-reactive ketones (excluding diaryl/α,β-unsaturated/α-hetero) is 1. The van der Waals surface area contributed by atoms with Crippen LogP contribution in [0.1, 0.15) is 34.3 Å². The second-order valence-corrected chi connectivity index (χ2v) is 5.76. The third kappa shape index (κ3) is 3.65. The van der Waals surface area contributed by atoms with Crippen molar-refractivity contribution in [3.8, 4) is 0 Å². The minimum Gasteiger partial charge on any atom is -0.338 e. The van der Waals surface area contributed by atoms with Gasteiger partial charge in [0.15, 0.2) is 5.78 Å². The number of hydrogen-bond acceptors (Lipinski definition) is 2. The third-order valence-corrected chi connectivity index (χ3v) is 4.22. The van der Waals surface area contributed by atoms with E-state index < -0.39 is 0 Å². The Morgan fingerprint density at radius 1 is 0.957 bits per heavy atom. The van der Waals surface area contributed by atoms with E-state index in [0.717, 1.165) is 6.42 Å². The first-order valence-corrected chi connectivity index (χ1v) is 7.77. The quantitative estimate of drug-likeness (QED) is 0.812. The Hall–Kier alpha value is -2.49. The fourth-order valence-corrected chi connectivity index (χ4v) is 2.87. The zero-order valence-electron chi connectivity index (χ0n) is 12.8. The van der Waals surface area contributed by atoms with E-state index in [2.05, 4.69) is 6.07 Å². The number of amides is 1. The van der Waals surface area contributed by atoms with Crippen LogP contribution in [-0.4, -0.2) is 23.1 Å². The van der Waals surface area contributed by atoms with E-state index >= 15 is 0 Å². The first-order chi connectivity index (χ1) is 11.1. The minimum absolute atomic E-state index is 0.00466. The highest BCUT2D eigenvalue weighted by atomic mass is 19.1. The second-order valence-electron chi connectivity index (χ2n) is 5.76. The van der Waals surface area contributed by atoms with Crippen LogP contribution >= 0.6 is 0 Å². The molecule has 4 heteroatoms. The van der Waals surface area contributed by atoms with Crippen molar-refractivity contribution in [2.75, 3.05) is 6.54 Å². The summed E-state index contributed by atoms with van der Waals surface area (Å²) in [5.41, 5.74) is 2.92. The Labute approximate surface area is 134 Å². The second kappa shape index (κ2) is 6.73. The van der Waals surface area contributed by atoms with Crippen molar-refractivity contribution in [1.82, 2.24) is 4.90 Å². The smallest absolute Gasteiger partial charge is 0.223 e. The van der Waals surface area contributed by atoms with Crippen molar-refractivity contribution in [1.29, 1.82) is 0 Å². The molecule has 0 atom stereocenters. The lowest BCUT2D eigenvalue weighted by Gasteiger charge is -2.28. The molecule has 0 saturated carbocycles. The largest absolute Gasteiger partial charge is 0.338 e. The Kier molecular flexibility index (Phi) is 4.51. The lowest BCUT2D eigenvalue weighted by molar-refractivity contribution is -0.132. The van der Waals surface area contributed by atoms with Crippen molar-refractivity contribution < 1.29 is 14.0 Å². The van der Waals surface area contributed by atoms with Crippen molar-refractivity contribution in [3.63, 3.8) is 0 Å². The number of hydrogen-bond donors (Lipinski definition) is 0. The molecule has 0 saturated heterocycles. The predicted molar refractivity (Wildman–Crippen MR) is 85.5 cm³/mol. The summed E-state index contributed by atoms with van der Waals surface area (Å²) in [4.78, 5) is 26.2. The third-order valence-electron chi connectivity index (χ3n) is 4.22. The molecule has 1 amide bonds. The lowest BCUT2D eigenvalue weighted by Crippen LogP contribution is -2.36. The Bertz CT molecular complexity index is 724. The topological polar surface area (TPSA) is 37.4 Å². The van der Waals surface area contributed by atoms with Crippen molar-refractivity contribution >= 4 is 11.7 Å². The Morgan fingerprint density at radius 2 is 1.65 bits per heavy atom. The summed E-state index contributed by atoms with van der Waals surface area (Å²) in [6.45, 7) is 1.31. The van der Waals surface area contributed by atoms with Crippen LogP contribution in [0, 0.1) is 5.82 Å². The van der Waals surface area contributed by atoms with E-state index in [1.165, 1.54) is 35.4 Å². The number of carbonyl (C=O) groups is 2. The summed E-state index contributed by atoms with van der Waals surface area (Å²) >= 11 is 0. The SMILES string of the molecule is O=C(CCC(=O)N1CCc2ccccc2C1)c1ccc(F)cc1. The Balaban J connectivity index is 1.56. The van der Waals surface area contributed by atoms with Crippen LogP contribution in [0.15, 0.2) is 48.5 Å². The number of nitrogens with zero attached hydrogens (tertiary/aromatic N) is 1. The number of ketones is 1. The molecule has 2 aromatic rings. The molecule has 0 N–H and O–H groups in total. The van der Waals surface area contributed by atoms with Gasteiger partial charge in [0.05, 0.1) is 0 Å². The van der Waals surface area contributed by atoms with Gasteiger partial charge in [0.1, 0.15) is 5.82 Å². The summed E-state index contributed by atoms with van der Waals surface area (Å²) in [6, 6.07) is 13.6. The van der Waals surface area contributed by atoms with Gasteiger partial charge >= 0.3 is 0 Å². The number of halogens is 1. The molecule has 1 aliphatic rings. The van der Waals surface area contributed by atoms with E-state index in [-0.39, 0.29) is 30.3 Å². The number of benzene rings is 2. The standard InChI is InChI=1S/C19H18FNO2/c20-17-7-5-15(6-8-17)18(22)9-10-19(23)21-12-11-14-3-1-2-4-16(14)13-21/h1-8H,9-13H2. The molecule has 0 aliphatic carbocycles. The zero-order chi connectivity index (χ0) is 16.2. The average molecular weight is 311 g/mol. The summed E-state index contributed by atoms with van der Waals surface area (Å²) in [5.74, 6) is -0.504. The van der Waals surface area contributed by atoms with Crippen molar-refractivity contribution in [3.05, 3.63) is 71.0 Å². The van der Waals surface area contributed by atoms with E-state index in [0.29, 0.717) is 18.7 Å². The molecule has 118 valence electrons. The van der Waals surface area contributed by atoms with Crippen LogP contribution in [0.4, 0.5) is 4.39 Å². The van der Waals surface area contributed by atoms with Gasteiger partial charge in [-0.1, -0.05) is 24.3 Å². The predicted octanol–water partition coefficient (Wildman–Crippen LogP) is 3.37. The highest BCUT2D eigenvalue weighted by molar-refractivity contribution is 5.97. The molecular formula is C19H18FNO2. The highest BCUT2D eigenvalue weighted by Gasteiger charge is 2.20. The Morgan fingerprint density at radius 3 is 2.39 bits per heavy atom. The van der Waals surface area contributed by atoms with Crippen LogP contribution in [0.3, 0.4) is 0 Å². The van der Waals surface area contributed by atoms with Gasteiger partial charge in [0.2, 0.25) is 5.91 Å². The van der Waals surface area contributed by atoms with Gasteiger partial charge in [-0.3, -0.25) is 9.59 Å². The molecule has 0 bridgehead atoms. The summed E-state index contributed by atoms with van der Waals surface area (Å²) in [5, 5.41) is 0. The first kappa shape index (κ1) is 15.4. The van der Waals surface area contributed by atoms with Gasteiger partial charge in [-0.15, -0.1) is 0 Å². The van der Waals surface area contributed by atoms with Crippen LogP contribution in [-0.2, 0) is 17.8 Å². The molecule has 3 nitrogen and oxygen atoms in total. The minimum atomic E-state index is -0.371. The molecular weight excluding hydrogens is 293 g/mol. The van der Waals surface area contributed by atoms with Crippen LogP contribution in [0.2, 0.25) is 0 Å². The number of rotatable bonds is 4. The monoisotopic (exact) mass is 311 g/mol. The molecule has 1 aliphatic heterocycles. The molecule has 0 spiro atoms. The van der Waals surface area contributed by atoms with Gasteiger partial charge < -0.3 is 4.90 Å². The fraction of sp³-hybridized carbons (Fsp3) is 0.263. The van der Waals surface area contributed by atoms with E-state index in [4.69, 9.17) is 0 Å². The molecule has 0 radical (unpaired) electrons. The van der Waals surface area contributed by atoms with Crippen LogP contribution in [0.25, 0.3) is 0 Å². The van der Waals surface area contributed by atoms with Crippen molar-refractivity contribution in [2.24, 2.45) is 0 Å². The molecule has 0 unspecified atom stereocenters. The maximum Gasteiger partial charge on any atom is 0.223 e. The van der Waals surface area contributed by atoms with Gasteiger partial charge in [-0.25, -0.2) is 4.39 Å². The maximum absolute atomic E-state index is 12.9. The summed E-state index contributed by atoms with van der Waals surface area (Å²) < 4.78 is 12.9. The van der Waals surface area contributed by atoms with Gasteiger partial charge in [-0.2, -0.15) is 0 Å². The summed E-state index contributed by atoms with van der Waals surface area (Å²) in [6.07, 6.45) is 1.20. The normalized spacial score (nSPS) is 13.5. The molecule has 3 rings (SSSR count). The number of carbonyl (C=O) groups excluding carboxylic acids is 2. The molecule has 0 aromatic heterocycles. The zero-order valence-corrected chi connectivity index (χ0v) is 12.8. The van der Waals surface area contributed by atoms with Gasteiger partial charge in [0, 0.05) is 31.5 Å². The maximum atomic E-state index is 12.9. The number of fused-ring (bicyclic) bond motifs is 1.